The fourth-order valence-corrected chi connectivity index (χ4v) is 4.19. The van der Waals surface area contributed by atoms with Gasteiger partial charge in [0.15, 0.2) is 4.34 Å². The van der Waals surface area contributed by atoms with Crippen molar-refractivity contribution in [2.75, 3.05) is 17.7 Å². The summed E-state index contributed by atoms with van der Waals surface area (Å²) in [4.78, 5) is 27.8. The number of hydrogen-bond acceptors (Lipinski definition) is 6. The van der Waals surface area contributed by atoms with E-state index in [2.05, 4.69) is 10.3 Å². The average Bonchev–Trinajstić information content (AvgIpc) is 3.03. The molecule has 0 unspecified atom stereocenters. The topological polar surface area (TPSA) is 88.5 Å². The van der Waals surface area contributed by atoms with Crippen LogP contribution < -0.4 is 10.1 Å². The molecule has 0 atom stereocenters. The molecule has 134 valence electrons. The van der Waals surface area contributed by atoms with Crippen LogP contribution in [0.2, 0.25) is 0 Å². The molecule has 0 saturated carbocycles. The summed E-state index contributed by atoms with van der Waals surface area (Å²) in [5.74, 6) is -0.419. The number of anilines is 1. The Labute approximate surface area is 158 Å². The summed E-state index contributed by atoms with van der Waals surface area (Å²) in [5.41, 5.74) is 1.21. The number of hydrogen-bond donors (Lipinski definition) is 2. The van der Waals surface area contributed by atoms with E-state index in [1.165, 1.54) is 29.2 Å². The van der Waals surface area contributed by atoms with Crippen molar-refractivity contribution < 1.29 is 19.4 Å². The first-order valence-corrected chi connectivity index (χ1v) is 9.65. The van der Waals surface area contributed by atoms with Crippen LogP contribution >= 0.6 is 23.1 Å². The maximum Gasteiger partial charge on any atom is 0.337 e. The van der Waals surface area contributed by atoms with Gasteiger partial charge in [-0.15, -0.1) is 11.3 Å². The van der Waals surface area contributed by atoms with Crippen LogP contribution in [0, 0.1) is 0 Å². The van der Waals surface area contributed by atoms with Gasteiger partial charge in [-0.25, -0.2) is 9.78 Å². The molecule has 3 rings (SSSR count). The number of carboxylic acid groups (broad SMARTS) is 1. The maximum absolute atomic E-state index is 12.1. The van der Waals surface area contributed by atoms with Crippen LogP contribution in [-0.2, 0) is 4.79 Å². The Hall–Kier alpha value is -2.58. The number of aromatic carboxylic acids is 1. The first-order valence-electron chi connectivity index (χ1n) is 7.85. The fourth-order valence-electron chi connectivity index (χ4n) is 2.29. The van der Waals surface area contributed by atoms with Gasteiger partial charge in [0.25, 0.3) is 0 Å². The van der Waals surface area contributed by atoms with Gasteiger partial charge in [0, 0.05) is 0 Å². The minimum atomic E-state index is -1.08. The molecule has 3 aromatic rings. The normalized spacial score (nSPS) is 10.7. The molecule has 0 bridgehead atoms. The monoisotopic (exact) mass is 388 g/mol. The number of amides is 1. The summed E-state index contributed by atoms with van der Waals surface area (Å²) < 4.78 is 7.25. The van der Waals surface area contributed by atoms with Crippen molar-refractivity contribution in [1.82, 2.24) is 4.98 Å². The van der Waals surface area contributed by atoms with Crippen LogP contribution in [0.3, 0.4) is 0 Å². The van der Waals surface area contributed by atoms with Gasteiger partial charge in [-0.1, -0.05) is 23.9 Å². The third kappa shape index (κ3) is 4.33. The molecule has 8 heteroatoms. The Bertz CT molecular complexity index is 955. The Morgan fingerprint density at radius 1 is 1.27 bits per heavy atom. The van der Waals surface area contributed by atoms with Crippen molar-refractivity contribution >= 4 is 50.9 Å². The SMILES string of the molecule is CCOc1ccc2nc(SCC(=O)Nc3ccccc3C(=O)O)sc2c1. The van der Waals surface area contributed by atoms with E-state index in [0.29, 0.717) is 6.61 Å². The number of carbonyl (C=O) groups is 2. The number of benzene rings is 2. The molecular weight excluding hydrogens is 372 g/mol. The van der Waals surface area contributed by atoms with Gasteiger partial charge in [0.2, 0.25) is 5.91 Å². The third-order valence-corrected chi connectivity index (χ3v) is 5.57. The van der Waals surface area contributed by atoms with Crippen molar-refractivity contribution in [3.63, 3.8) is 0 Å². The zero-order chi connectivity index (χ0) is 18.5. The van der Waals surface area contributed by atoms with Gasteiger partial charge in [0.1, 0.15) is 5.75 Å². The van der Waals surface area contributed by atoms with E-state index in [-0.39, 0.29) is 22.9 Å². The van der Waals surface area contributed by atoms with Crippen molar-refractivity contribution in [3.05, 3.63) is 48.0 Å². The van der Waals surface area contributed by atoms with Gasteiger partial charge in [-0.05, 0) is 37.3 Å². The summed E-state index contributed by atoms with van der Waals surface area (Å²) in [6.07, 6.45) is 0. The highest BCUT2D eigenvalue weighted by Crippen LogP contribution is 2.32. The highest BCUT2D eigenvalue weighted by molar-refractivity contribution is 8.01. The van der Waals surface area contributed by atoms with E-state index in [9.17, 15) is 9.59 Å². The second-order valence-corrected chi connectivity index (χ2v) is 7.48. The number of thioether (sulfide) groups is 1. The third-order valence-electron chi connectivity index (χ3n) is 3.41. The van der Waals surface area contributed by atoms with E-state index >= 15 is 0 Å². The van der Waals surface area contributed by atoms with Crippen LogP contribution in [0.5, 0.6) is 5.75 Å². The highest BCUT2D eigenvalue weighted by atomic mass is 32.2. The van der Waals surface area contributed by atoms with E-state index < -0.39 is 5.97 Å². The molecule has 1 aromatic heterocycles. The summed E-state index contributed by atoms with van der Waals surface area (Å²) in [6.45, 7) is 2.53. The number of fused-ring (bicyclic) bond motifs is 1. The number of para-hydroxylation sites is 1. The number of carboxylic acids is 1. The molecule has 0 radical (unpaired) electrons. The minimum absolute atomic E-state index is 0.0642. The Kier molecular flexibility index (Phi) is 5.75. The standard InChI is InChI=1S/C18H16N2O4S2/c1-2-24-11-7-8-14-15(9-11)26-18(20-14)25-10-16(21)19-13-6-4-3-5-12(13)17(22)23/h3-9H,2,10H2,1H3,(H,19,21)(H,22,23). The summed E-state index contributed by atoms with van der Waals surface area (Å²) in [6, 6.07) is 12.0. The van der Waals surface area contributed by atoms with Crippen molar-refractivity contribution in [2.24, 2.45) is 0 Å². The summed E-state index contributed by atoms with van der Waals surface area (Å²) >= 11 is 2.81. The Balaban J connectivity index is 1.64. The Morgan fingerprint density at radius 3 is 2.85 bits per heavy atom. The predicted molar refractivity (Wildman–Crippen MR) is 104 cm³/mol. The maximum atomic E-state index is 12.1. The average molecular weight is 388 g/mol. The highest BCUT2D eigenvalue weighted by Gasteiger charge is 2.13. The molecule has 26 heavy (non-hydrogen) atoms. The van der Waals surface area contributed by atoms with Crippen molar-refractivity contribution in [1.29, 1.82) is 0 Å². The Morgan fingerprint density at radius 2 is 2.08 bits per heavy atom. The lowest BCUT2D eigenvalue weighted by atomic mass is 10.2. The number of aromatic nitrogens is 1. The second kappa shape index (κ2) is 8.20. The van der Waals surface area contributed by atoms with Crippen molar-refractivity contribution in [2.45, 2.75) is 11.3 Å². The minimum Gasteiger partial charge on any atom is -0.494 e. The summed E-state index contributed by atoms with van der Waals surface area (Å²) in [7, 11) is 0. The fraction of sp³-hybridized carbons (Fsp3) is 0.167. The van der Waals surface area contributed by atoms with Gasteiger partial charge >= 0.3 is 5.97 Å². The van der Waals surface area contributed by atoms with Gasteiger partial charge in [-0.2, -0.15) is 0 Å². The van der Waals surface area contributed by atoms with Crippen LogP contribution in [0.1, 0.15) is 17.3 Å². The number of ether oxygens (including phenoxy) is 1. The molecule has 2 N–H and O–H groups in total. The van der Waals surface area contributed by atoms with Crippen LogP contribution in [0.15, 0.2) is 46.8 Å². The number of nitrogens with zero attached hydrogens (tertiary/aromatic N) is 1. The van der Waals surface area contributed by atoms with Crippen LogP contribution in [0.25, 0.3) is 10.2 Å². The molecule has 6 nitrogen and oxygen atoms in total. The lowest BCUT2D eigenvalue weighted by molar-refractivity contribution is -0.113. The quantitative estimate of drug-likeness (QED) is 0.592. The molecule has 0 fully saturated rings. The van der Waals surface area contributed by atoms with E-state index in [0.717, 1.165) is 20.3 Å². The number of carbonyl (C=O) groups excluding carboxylic acids is 1. The van der Waals surface area contributed by atoms with Gasteiger partial charge in [-0.3, -0.25) is 4.79 Å². The zero-order valence-corrected chi connectivity index (χ0v) is 15.5. The molecule has 0 aliphatic heterocycles. The molecule has 2 aromatic carbocycles. The number of nitrogens with one attached hydrogen (secondary N) is 1. The summed E-state index contributed by atoms with van der Waals surface area (Å²) in [5, 5.41) is 11.8. The van der Waals surface area contributed by atoms with Crippen molar-refractivity contribution in [3.8, 4) is 5.75 Å². The van der Waals surface area contributed by atoms with Crippen LogP contribution in [-0.4, -0.2) is 34.3 Å². The number of rotatable bonds is 7. The first-order chi connectivity index (χ1) is 12.6. The van der Waals surface area contributed by atoms with E-state index in [4.69, 9.17) is 9.84 Å². The molecule has 0 saturated heterocycles. The molecule has 1 amide bonds. The molecule has 0 spiro atoms. The van der Waals surface area contributed by atoms with E-state index in [1.807, 2.05) is 25.1 Å². The second-order valence-electron chi connectivity index (χ2n) is 5.23. The zero-order valence-electron chi connectivity index (χ0n) is 13.9. The van der Waals surface area contributed by atoms with Crippen LogP contribution in [0.4, 0.5) is 5.69 Å². The van der Waals surface area contributed by atoms with Gasteiger partial charge in [0.05, 0.1) is 33.8 Å². The molecular formula is C18H16N2O4S2. The van der Waals surface area contributed by atoms with Gasteiger partial charge < -0.3 is 15.2 Å². The van der Waals surface area contributed by atoms with E-state index in [1.54, 1.807) is 18.2 Å². The molecule has 0 aliphatic carbocycles. The smallest absolute Gasteiger partial charge is 0.337 e. The lowest BCUT2D eigenvalue weighted by Crippen LogP contribution is -2.16. The predicted octanol–water partition coefficient (Wildman–Crippen LogP) is 4.12. The lowest BCUT2D eigenvalue weighted by Gasteiger charge is -2.07. The molecule has 1 heterocycles. The first kappa shape index (κ1) is 18.2. The molecule has 0 aliphatic rings. The largest absolute Gasteiger partial charge is 0.494 e. The number of thiazole rings is 1.